The zero-order valence-corrected chi connectivity index (χ0v) is 25.7. The Labute approximate surface area is 261 Å². The van der Waals surface area contributed by atoms with E-state index in [0.717, 1.165) is 22.4 Å². The van der Waals surface area contributed by atoms with Crippen LogP contribution >= 0.6 is 0 Å². The summed E-state index contributed by atoms with van der Waals surface area (Å²) < 4.78 is 18.9. The van der Waals surface area contributed by atoms with E-state index in [1.54, 1.807) is 49.1 Å². The van der Waals surface area contributed by atoms with Crippen molar-refractivity contribution in [3.63, 3.8) is 0 Å². The highest BCUT2D eigenvalue weighted by atomic mass is 16.5. The van der Waals surface area contributed by atoms with E-state index in [9.17, 15) is 24.6 Å². The van der Waals surface area contributed by atoms with Crippen LogP contribution in [0.5, 0.6) is 5.75 Å². The zero-order valence-electron chi connectivity index (χ0n) is 25.7. The number of carbonyl (C=O) groups is 3. The average molecular weight is 613 g/mol. The van der Waals surface area contributed by atoms with Crippen LogP contribution < -0.4 is 5.11 Å². The van der Waals surface area contributed by atoms with Crippen molar-refractivity contribution >= 4 is 35.3 Å². The third-order valence-electron chi connectivity index (χ3n) is 7.96. The van der Waals surface area contributed by atoms with Crippen molar-refractivity contribution in [2.24, 2.45) is 5.92 Å². The number of benzene rings is 2. The number of aromatic carboxylic acids is 1. The Morgan fingerprint density at radius 3 is 2.31 bits per heavy atom. The smallest absolute Gasteiger partial charge is 0.320 e. The quantitative estimate of drug-likeness (QED) is 0.318. The van der Waals surface area contributed by atoms with Crippen LogP contribution in [0.25, 0.3) is 11.6 Å². The monoisotopic (exact) mass is 612 g/mol. The maximum Gasteiger partial charge on any atom is 0.320 e. The summed E-state index contributed by atoms with van der Waals surface area (Å²) in [4.78, 5) is 38.6. The minimum Gasteiger partial charge on any atom is -0.545 e. The molecule has 2 aromatic rings. The van der Waals surface area contributed by atoms with E-state index in [4.69, 9.17) is 14.2 Å². The Morgan fingerprint density at radius 1 is 0.978 bits per heavy atom. The summed E-state index contributed by atoms with van der Waals surface area (Å²) in [5.41, 5.74) is 5.05. The molecule has 0 aromatic heterocycles. The molecule has 0 radical (unpaired) electrons. The lowest BCUT2D eigenvalue weighted by Gasteiger charge is -2.40. The van der Waals surface area contributed by atoms with Crippen molar-refractivity contribution in [2.45, 2.75) is 26.5 Å². The molecule has 0 bridgehead atoms. The second-order valence-electron chi connectivity index (χ2n) is 11.1. The number of carboxylic acids is 1. The molecule has 234 valence electrons. The maximum atomic E-state index is 12.4. The summed E-state index contributed by atoms with van der Waals surface area (Å²) in [6.45, 7) is 3.49. The van der Waals surface area contributed by atoms with Gasteiger partial charge in [-0.25, -0.2) is 4.58 Å². The lowest BCUT2D eigenvalue weighted by molar-refractivity contribution is -0.462. The van der Waals surface area contributed by atoms with E-state index in [2.05, 4.69) is 0 Å². The average Bonchev–Trinajstić information content (AvgIpc) is 3.00. The summed E-state index contributed by atoms with van der Waals surface area (Å²) in [7, 11) is 3.85. The molecular formula is C35H36N2O8. The number of rotatable bonds is 10. The Bertz CT molecular complexity index is 1670. The first kappa shape index (κ1) is 31.5. The van der Waals surface area contributed by atoms with Gasteiger partial charge < -0.3 is 29.2 Å². The molecule has 1 aliphatic heterocycles. The van der Waals surface area contributed by atoms with Crippen molar-refractivity contribution < 1.29 is 43.4 Å². The van der Waals surface area contributed by atoms with Crippen molar-refractivity contribution in [1.29, 1.82) is 0 Å². The van der Waals surface area contributed by atoms with Gasteiger partial charge in [0.15, 0.2) is 0 Å². The van der Waals surface area contributed by atoms with Gasteiger partial charge in [0.05, 0.1) is 38.3 Å². The molecule has 0 saturated heterocycles. The van der Waals surface area contributed by atoms with Crippen LogP contribution in [-0.2, 0) is 30.3 Å². The number of phenols is 1. The Balaban J connectivity index is 1.62. The van der Waals surface area contributed by atoms with E-state index in [1.165, 1.54) is 6.07 Å². The Kier molecular flexibility index (Phi) is 9.34. The number of nitrogens with zero attached hydrogens (tertiary/aromatic N) is 2. The normalized spacial score (nSPS) is 18.0. The summed E-state index contributed by atoms with van der Waals surface area (Å²) in [5, 5.41) is 23.3. The topological polar surface area (TPSA) is 128 Å². The fourth-order valence-corrected chi connectivity index (χ4v) is 5.98. The van der Waals surface area contributed by atoms with Gasteiger partial charge in [-0.1, -0.05) is 42.5 Å². The second-order valence-corrected chi connectivity index (χ2v) is 11.1. The molecule has 0 saturated carbocycles. The second kappa shape index (κ2) is 13.4. The van der Waals surface area contributed by atoms with Gasteiger partial charge in [-0.15, -0.1) is 0 Å². The van der Waals surface area contributed by atoms with Crippen LogP contribution in [0.2, 0.25) is 0 Å². The molecule has 5 rings (SSSR count). The third kappa shape index (κ3) is 6.46. The summed E-state index contributed by atoms with van der Waals surface area (Å²) >= 11 is 0. The lowest BCUT2D eigenvalue weighted by atomic mass is 9.73. The van der Waals surface area contributed by atoms with Crippen LogP contribution in [0.4, 0.5) is 0 Å². The summed E-state index contributed by atoms with van der Waals surface area (Å²) in [6, 6.07) is 10.1. The van der Waals surface area contributed by atoms with E-state index < -0.39 is 24.0 Å². The molecule has 1 N–H and O–H groups in total. The van der Waals surface area contributed by atoms with Gasteiger partial charge in [-0.05, 0) is 42.7 Å². The van der Waals surface area contributed by atoms with E-state index in [-0.39, 0.29) is 50.1 Å². The number of aromatic hydroxyl groups is 1. The molecule has 0 amide bonds. The minimum absolute atomic E-state index is 0.00725. The number of carboxylic acid groups (broad SMARTS) is 1. The van der Waals surface area contributed by atoms with Crippen LogP contribution in [0.15, 0.2) is 72.0 Å². The molecule has 2 unspecified atom stereocenters. The number of hydrogen-bond acceptors (Lipinski definition) is 9. The lowest BCUT2D eigenvalue weighted by Crippen LogP contribution is -2.36. The fourth-order valence-electron chi connectivity index (χ4n) is 5.98. The number of fused-ring (bicyclic) bond motifs is 4. The highest BCUT2D eigenvalue weighted by molar-refractivity contribution is 6.05. The highest BCUT2D eigenvalue weighted by Crippen LogP contribution is 2.52. The molecule has 2 atom stereocenters. The number of hydrogen-bond donors (Lipinski definition) is 1. The zero-order chi connectivity index (χ0) is 32.2. The first-order valence-corrected chi connectivity index (χ1v) is 14.8. The largest absolute Gasteiger partial charge is 0.545 e. The first-order chi connectivity index (χ1) is 21.6. The van der Waals surface area contributed by atoms with Gasteiger partial charge in [0.2, 0.25) is 5.71 Å². The molecule has 45 heavy (non-hydrogen) atoms. The first-order valence-electron chi connectivity index (χ1n) is 14.8. The number of allylic oxidation sites excluding steroid dienone is 3. The number of esters is 2. The number of phenolic OH excluding ortho intramolecular Hbond substituents is 1. The molecule has 0 fully saturated rings. The summed E-state index contributed by atoms with van der Waals surface area (Å²) in [5.74, 6) is -2.07. The molecule has 2 aliphatic carbocycles. The Hall–Kier alpha value is -4.96. The fraction of sp³-hybridized carbons (Fsp3) is 0.314. The van der Waals surface area contributed by atoms with E-state index in [1.807, 2.05) is 49.1 Å². The van der Waals surface area contributed by atoms with Gasteiger partial charge in [-0.2, -0.15) is 0 Å². The third-order valence-corrected chi connectivity index (χ3v) is 7.96. The van der Waals surface area contributed by atoms with Crippen molar-refractivity contribution in [3.8, 4) is 5.75 Å². The molecular weight excluding hydrogens is 576 g/mol. The van der Waals surface area contributed by atoms with Crippen molar-refractivity contribution in [3.05, 3.63) is 99.9 Å². The minimum atomic E-state index is -1.27. The van der Waals surface area contributed by atoms with Crippen molar-refractivity contribution in [2.75, 3.05) is 40.4 Å². The van der Waals surface area contributed by atoms with Crippen LogP contribution in [-0.4, -0.2) is 78.6 Å². The Morgan fingerprint density at radius 2 is 1.67 bits per heavy atom. The summed E-state index contributed by atoms with van der Waals surface area (Å²) in [6.07, 6.45) is 9.08. The highest BCUT2D eigenvalue weighted by Gasteiger charge is 2.40. The van der Waals surface area contributed by atoms with Crippen molar-refractivity contribution in [1.82, 2.24) is 4.90 Å². The maximum absolute atomic E-state index is 12.4. The van der Waals surface area contributed by atoms with E-state index >= 15 is 0 Å². The molecule has 2 aromatic carbocycles. The SMILES string of the molecule is CCOC(=O)CN(CC(=O)OCC)Cc1c(O)ccc2c1C=CC1C(c3ccccc3C(=O)[O-])=C3C=CC(=[N+](C)C)C=C3OC21. The van der Waals surface area contributed by atoms with E-state index in [0.29, 0.717) is 22.4 Å². The van der Waals surface area contributed by atoms with Crippen LogP contribution in [0.1, 0.15) is 52.6 Å². The van der Waals surface area contributed by atoms with Gasteiger partial charge in [0, 0.05) is 40.8 Å². The molecule has 0 spiro atoms. The predicted octanol–water partition coefficient (Wildman–Crippen LogP) is 3.02. The predicted molar refractivity (Wildman–Crippen MR) is 165 cm³/mol. The van der Waals surface area contributed by atoms with Gasteiger partial charge in [-0.3, -0.25) is 14.5 Å². The molecule has 10 nitrogen and oxygen atoms in total. The molecule has 3 aliphatic rings. The van der Waals surface area contributed by atoms with Gasteiger partial charge in [0.1, 0.15) is 31.7 Å². The van der Waals surface area contributed by atoms with Crippen LogP contribution in [0, 0.1) is 5.92 Å². The number of carbonyl (C=O) groups excluding carboxylic acids is 3. The molecule has 10 heteroatoms. The van der Waals surface area contributed by atoms with Gasteiger partial charge in [0.25, 0.3) is 0 Å². The van der Waals surface area contributed by atoms with Crippen LogP contribution in [0.3, 0.4) is 0 Å². The molecule has 1 heterocycles. The van der Waals surface area contributed by atoms with Gasteiger partial charge >= 0.3 is 11.9 Å². The standard InChI is InChI=1S/C35H36N2O8/c1-5-43-31(39)19-37(20-32(40)44-6-2)18-28-22-13-14-27-33(23-9-7-8-10-25(23)35(41)42)26-12-11-21(36(3)4)17-30(26)45-34(27)24(22)15-16-29(28)38/h7-17,27,34H,5-6,18-20H2,1-4H3,(H-,38,41,42). The number of ether oxygens (including phenoxy) is 3.